The summed E-state index contributed by atoms with van der Waals surface area (Å²) in [7, 11) is 3.50. The second-order valence-electron chi connectivity index (χ2n) is 13.4. The number of hydrogen-bond donors (Lipinski definition) is 2. The first-order chi connectivity index (χ1) is 23.9. The summed E-state index contributed by atoms with van der Waals surface area (Å²) in [6.07, 6.45) is -6.38. The number of hydrogen-bond acceptors (Lipinski definition) is 4. The number of aromatic nitrogens is 1. The van der Waals surface area contributed by atoms with Gasteiger partial charge in [-0.1, -0.05) is 43.9 Å². The van der Waals surface area contributed by atoms with Gasteiger partial charge in [0.25, 0.3) is 5.56 Å². The van der Waals surface area contributed by atoms with Crippen molar-refractivity contribution in [1.29, 1.82) is 0 Å². The maximum absolute atomic E-state index is 15.9. The van der Waals surface area contributed by atoms with Gasteiger partial charge < -0.3 is 19.9 Å². The van der Waals surface area contributed by atoms with Crippen molar-refractivity contribution in [3.63, 3.8) is 0 Å². The first-order valence-electron chi connectivity index (χ1n) is 16.9. The maximum Gasteiger partial charge on any atom is 0.419 e. The van der Waals surface area contributed by atoms with E-state index < -0.39 is 70.8 Å². The van der Waals surface area contributed by atoms with E-state index in [1.165, 1.54) is 0 Å². The highest BCUT2D eigenvalue weighted by Gasteiger charge is 2.39. The Morgan fingerprint density at radius 1 is 0.961 bits per heavy atom. The monoisotopic (exact) mass is 725 g/mol. The van der Waals surface area contributed by atoms with E-state index in [1.54, 1.807) is 44.1 Å². The summed E-state index contributed by atoms with van der Waals surface area (Å²) in [5.74, 6) is -4.36. The Labute approximate surface area is 291 Å². The molecule has 51 heavy (non-hydrogen) atoms. The van der Waals surface area contributed by atoms with E-state index in [0.717, 1.165) is 28.8 Å². The van der Waals surface area contributed by atoms with Crippen molar-refractivity contribution >= 4 is 11.9 Å². The number of rotatable bonds is 7. The number of amides is 1. The molecule has 278 valence electrons. The van der Waals surface area contributed by atoms with Crippen molar-refractivity contribution in [3.05, 3.63) is 92.1 Å². The fraction of sp³-hybridized carbons (Fsp3) is 0.486. The molecular formula is C37H42F7N3O4. The molecule has 1 aromatic heterocycles. The second-order valence-corrected chi connectivity index (χ2v) is 13.4. The van der Waals surface area contributed by atoms with Crippen molar-refractivity contribution in [2.24, 2.45) is 0 Å². The third kappa shape index (κ3) is 9.99. The van der Waals surface area contributed by atoms with Gasteiger partial charge >= 0.3 is 18.3 Å². The van der Waals surface area contributed by atoms with Gasteiger partial charge in [-0.2, -0.15) is 26.3 Å². The third-order valence-electron chi connectivity index (χ3n) is 9.21. The molecule has 0 spiro atoms. The molecule has 14 heteroatoms. The van der Waals surface area contributed by atoms with Crippen molar-refractivity contribution in [1.82, 2.24) is 14.8 Å². The lowest BCUT2D eigenvalue weighted by Crippen LogP contribution is -2.40. The van der Waals surface area contributed by atoms with Gasteiger partial charge in [0.1, 0.15) is 11.9 Å². The van der Waals surface area contributed by atoms with Crippen LogP contribution in [0.15, 0.2) is 47.4 Å². The van der Waals surface area contributed by atoms with Crippen LogP contribution < -0.4 is 10.9 Å². The molecule has 1 aliphatic rings. The molecule has 0 unspecified atom stereocenters. The van der Waals surface area contributed by atoms with Crippen molar-refractivity contribution < 1.29 is 45.4 Å². The zero-order valence-electron chi connectivity index (χ0n) is 28.7. The van der Waals surface area contributed by atoms with Crippen LogP contribution in [-0.4, -0.2) is 47.1 Å². The first-order valence-corrected chi connectivity index (χ1v) is 16.9. The molecule has 1 aliphatic heterocycles. The maximum atomic E-state index is 15.9. The molecule has 0 saturated carbocycles. The molecule has 0 saturated heterocycles. The lowest BCUT2D eigenvalue weighted by atomic mass is 9.88. The Hall–Kier alpha value is -4.20. The standard InChI is InChI=1S/C37H42F7N3O4/c1-22-11-9-13-23-12-7-5-4-6-8-15-30(47-21-24(14-10-16-46(2)3)27(19-31(47)48)36(39,40)41)35(51)45-29(20-32(49)50)26-17-25(33(22)23)18-28(34(26)38)37(42,43)44/h9,11,13,17-19,21,29-30H,4-8,10,12,14-16,20H2,1-3H3,(H,45,51)(H,49,50)/t29-,30-/m0/s1. The number of alkyl halides is 6. The van der Waals surface area contributed by atoms with E-state index in [0.29, 0.717) is 68.3 Å². The van der Waals surface area contributed by atoms with Crippen LogP contribution in [0.2, 0.25) is 0 Å². The molecule has 7 nitrogen and oxygen atoms in total. The Morgan fingerprint density at radius 3 is 2.27 bits per heavy atom. The van der Waals surface area contributed by atoms with Crippen LogP contribution in [0.1, 0.15) is 96.8 Å². The predicted octanol–water partition coefficient (Wildman–Crippen LogP) is 8.26. The number of fused-ring (bicyclic) bond motifs is 4. The molecule has 3 aromatic rings. The summed E-state index contributed by atoms with van der Waals surface area (Å²) in [6, 6.07) is 4.16. The quantitative estimate of drug-likeness (QED) is 0.240. The van der Waals surface area contributed by atoms with Gasteiger partial charge in [-0.05, 0) is 99.6 Å². The Kier molecular flexibility index (Phi) is 12.8. The lowest BCUT2D eigenvalue weighted by Gasteiger charge is -2.27. The van der Waals surface area contributed by atoms with E-state index in [9.17, 15) is 45.8 Å². The zero-order valence-corrected chi connectivity index (χ0v) is 28.7. The largest absolute Gasteiger partial charge is 0.481 e. The normalized spacial score (nSPS) is 18.0. The Bertz CT molecular complexity index is 1780. The third-order valence-corrected chi connectivity index (χ3v) is 9.21. The minimum atomic E-state index is -5.19. The summed E-state index contributed by atoms with van der Waals surface area (Å²) in [5.41, 5.74) is -3.11. The average molecular weight is 726 g/mol. The van der Waals surface area contributed by atoms with Crippen LogP contribution in [0, 0.1) is 12.7 Å². The summed E-state index contributed by atoms with van der Waals surface area (Å²) in [5, 5.41) is 12.2. The molecule has 2 atom stereocenters. The predicted molar refractivity (Wildman–Crippen MR) is 178 cm³/mol. The number of nitrogens with zero attached hydrogens (tertiary/aromatic N) is 2. The van der Waals surface area contributed by atoms with Gasteiger partial charge in [0.2, 0.25) is 5.91 Å². The van der Waals surface area contributed by atoms with Crippen molar-refractivity contribution in [2.75, 3.05) is 20.6 Å². The van der Waals surface area contributed by atoms with Gasteiger partial charge in [0.15, 0.2) is 0 Å². The highest BCUT2D eigenvalue weighted by molar-refractivity contribution is 5.82. The molecule has 2 heterocycles. The SMILES string of the molecule is Cc1cccc2c1-c1cc(c(F)c(C(F)(F)F)c1)[C@H](CC(=O)O)NC(=O)[C@@H](n1cc(CCCN(C)C)c(C(F)(F)F)cc1=O)CCCCCCC2. The van der Waals surface area contributed by atoms with E-state index in [1.807, 2.05) is 0 Å². The summed E-state index contributed by atoms with van der Waals surface area (Å²) in [4.78, 5) is 41.2. The highest BCUT2D eigenvalue weighted by Crippen LogP contribution is 2.40. The first kappa shape index (κ1) is 39.6. The number of pyridine rings is 1. The molecule has 4 rings (SSSR count). The minimum absolute atomic E-state index is 0.0126. The number of carbonyl (C=O) groups excluding carboxylic acids is 1. The number of benzene rings is 2. The number of carbonyl (C=O) groups is 2. The van der Waals surface area contributed by atoms with Crippen LogP contribution in [0.5, 0.6) is 0 Å². The smallest absolute Gasteiger partial charge is 0.419 e. The van der Waals surface area contributed by atoms with E-state index in [2.05, 4.69) is 5.32 Å². The molecule has 0 aliphatic carbocycles. The van der Waals surface area contributed by atoms with Crippen molar-refractivity contribution in [3.8, 4) is 11.1 Å². The molecule has 2 N–H and O–H groups in total. The molecular weight excluding hydrogens is 683 g/mol. The van der Waals surface area contributed by atoms with Crippen LogP contribution in [-0.2, 0) is 34.8 Å². The van der Waals surface area contributed by atoms with Crippen LogP contribution >= 0.6 is 0 Å². The average Bonchev–Trinajstić information content (AvgIpc) is 3.01. The molecule has 0 fully saturated rings. The summed E-state index contributed by atoms with van der Waals surface area (Å²) < 4.78 is 102. The van der Waals surface area contributed by atoms with E-state index >= 15 is 4.39 Å². The number of halogens is 7. The lowest BCUT2D eigenvalue weighted by molar-refractivity contribution is -0.140. The number of aryl methyl sites for hydroxylation is 3. The second kappa shape index (κ2) is 16.4. The Balaban J connectivity index is 1.91. The summed E-state index contributed by atoms with van der Waals surface area (Å²) >= 11 is 0. The minimum Gasteiger partial charge on any atom is -0.481 e. The highest BCUT2D eigenvalue weighted by atomic mass is 19.4. The fourth-order valence-corrected chi connectivity index (χ4v) is 6.75. The molecule has 2 bridgehead atoms. The van der Waals surface area contributed by atoms with Gasteiger partial charge in [0.05, 0.1) is 23.6 Å². The number of aliphatic carboxylic acids is 1. The van der Waals surface area contributed by atoms with Gasteiger partial charge in [-0.25, -0.2) is 4.39 Å². The van der Waals surface area contributed by atoms with Crippen molar-refractivity contribution in [2.45, 2.75) is 95.6 Å². The molecule has 2 aromatic carbocycles. The topological polar surface area (TPSA) is 91.6 Å². The van der Waals surface area contributed by atoms with Crippen LogP contribution in [0.3, 0.4) is 0 Å². The van der Waals surface area contributed by atoms with Crippen LogP contribution in [0.4, 0.5) is 30.7 Å². The number of nitrogens with one attached hydrogen (secondary N) is 1. The molecule has 0 radical (unpaired) electrons. The van der Waals surface area contributed by atoms with Gasteiger partial charge in [0, 0.05) is 17.8 Å². The number of carboxylic acid groups (broad SMARTS) is 1. The van der Waals surface area contributed by atoms with Crippen LogP contribution in [0.25, 0.3) is 11.1 Å². The van der Waals surface area contributed by atoms with E-state index in [-0.39, 0.29) is 24.0 Å². The summed E-state index contributed by atoms with van der Waals surface area (Å²) in [6.45, 7) is 2.14. The fourth-order valence-electron chi connectivity index (χ4n) is 6.75. The molecule has 1 amide bonds. The van der Waals surface area contributed by atoms with Gasteiger partial charge in [-0.3, -0.25) is 14.4 Å². The number of carboxylic acids is 1. The van der Waals surface area contributed by atoms with Gasteiger partial charge in [-0.15, -0.1) is 0 Å². The van der Waals surface area contributed by atoms with E-state index in [4.69, 9.17) is 0 Å². The zero-order chi connectivity index (χ0) is 37.7. The Morgan fingerprint density at radius 2 is 1.63 bits per heavy atom.